The van der Waals surface area contributed by atoms with Gasteiger partial charge < -0.3 is 38.5 Å². The zero-order valence-corrected chi connectivity index (χ0v) is 39.1. The molecule has 0 saturated carbocycles. The lowest BCUT2D eigenvalue weighted by Gasteiger charge is -2.14. The molecule has 0 bridgehead atoms. The summed E-state index contributed by atoms with van der Waals surface area (Å²) in [6, 6.07) is 26.6. The van der Waals surface area contributed by atoms with Crippen molar-refractivity contribution in [2.24, 2.45) is 0 Å². The van der Waals surface area contributed by atoms with Gasteiger partial charge in [-0.1, -0.05) is 41.5 Å². The summed E-state index contributed by atoms with van der Waals surface area (Å²) in [7, 11) is 8.75. The lowest BCUT2D eigenvalue weighted by atomic mass is 9.99. The van der Waals surface area contributed by atoms with E-state index in [4.69, 9.17) is 45.0 Å². The van der Waals surface area contributed by atoms with Crippen LogP contribution in [0.25, 0.3) is 21.9 Å². The molecule has 3 N–H and O–H groups in total. The van der Waals surface area contributed by atoms with E-state index >= 15 is 0 Å². The third-order valence-corrected chi connectivity index (χ3v) is 9.01. The van der Waals surface area contributed by atoms with Crippen molar-refractivity contribution in [3.8, 4) is 5.75 Å². The maximum atomic E-state index is 13.0. The number of rotatable bonds is 14. The van der Waals surface area contributed by atoms with Gasteiger partial charge in [0, 0.05) is 54.8 Å². The molecule has 0 aliphatic carbocycles. The van der Waals surface area contributed by atoms with Gasteiger partial charge in [0.1, 0.15) is 28.4 Å². The Morgan fingerprint density at radius 1 is 0.762 bits per heavy atom. The second-order valence-corrected chi connectivity index (χ2v) is 15.4. The molecule has 340 valence electrons. The lowest BCUT2D eigenvalue weighted by Crippen LogP contribution is -2.29. The number of furan rings is 2. The van der Waals surface area contributed by atoms with Gasteiger partial charge in [0.15, 0.2) is 11.6 Å². The number of nitrogens with zero attached hydrogens (tertiary/aromatic N) is 2. The number of anilines is 1. The van der Waals surface area contributed by atoms with Crippen LogP contribution < -0.4 is 10.1 Å². The summed E-state index contributed by atoms with van der Waals surface area (Å²) in [6.45, 7) is 10.4. The molecule has 2 aromatic heterocycles. The van der Waals surface area contributed by atoms with Crippen molar-refractivity contribution in [3.05, 3.63) is 130 Å². The van der Waals surface area contributed by atoms with E-state index in [1.165, 1.54) is 0 Å². The van der Waals surface area contributed by atoms with E-state index < -0.39 is 22.1 Å². The fourth-order valence-corrected chi connectivity index (χ4v) is 6.21. The van der Waals surface area contributed by atoms with Gasteiger partial charge in [-0.15, -0.1) is 0 Å². The van der Waals surface area contributed by atoms with Crippen LogP contribution in [0.1, 0.15) is 60.9 Å². The molecule has 1 unspecified atom stereocenters. The van der Waals surface area contributed by atoms with Gasteiger partial charge in [-0.25, -0.2) is 0 Å². The maximum Gasteiger partial charge on any atom is 0.335 e. The molecule has 0 spiro atoms. The first-order chi connectivity index (χ1) is 29.9. The Hall–Kier alpha value is -5.82. The molecule has 0 fully saturated rings. The highest BCUT2D eigenvalue weighted by Gasteiger charge is 2.21. The predicted molar refractivity (Wildman–Crippen MR) is 246 cm³/mol. The van der Waals surface area contributed by atoms with Gasteiger partial charge in [0.2, 0.25) is 0 Å². The molecule has 4 aromatic carbocycles. The quantitative estimate of drug-likeness (QED) is 0.0717. The average Bonchev–Trinajstić information content (AvgIpc) is 3.73. The number of hydrogen-bond acceptors (Lipinski definition) is 15. The Morgan fingerprint density at radius 2 is 1.22 bits per heavy atom. The van der Waals surface area contributed by atoms with Crippen molar-refractivity contribution in [3.63, 3.8) is 0 Å². The summed E-state index contributed by atoms with van der Waals surface area (Å²) in [5.41, 5.74) is 7.29. The molecule has 0 saturated heterocycles. The number of carbonyl (C=O) groups excluding carboxylic acids is 2. The van der Waals surface area contributed by atoms with Crippen molar-refractivity contribution < 1.29 is 49.8 Å². The van der Waals surface area contributed by atoms with Crippen LogP contribution in [0.4, 0.5) is 5.69 Å². The summed E-state index contributed by atoms with van der Waals surface area (Å²) < 4.78 is 61.4. The van der Waals surface area contributed by atoms with E-state index in [0.717, 1.165) is 57.5 Å². The van der Waals surface area contributed by atoms with Crippen LogP contribution in [-0.2, 0) is 26.8 Å². The number of likely N-dealkylation sites (N-methyl/N-ethyl adjacent to an activating group) is 1. The highest BCUT2D eigenvalue weighted by atomic mass is 32.2. The molecular weight excluding hydrogens is 849 g/mol. The Kier molecular flexibility index (Phi) is 23.1. The second kappa shape index (κ2) is 27.3. The molecule has 63 heavy (non-hydrogen) atoms. The van der Waals surface area contributed by atoms with E-state index in [-0.39, 0.29) is 17.7 Å². The van der Waals surface area contributed by atoms with Gasteiger partial charge in [-0.3, -0.25) is 9.59 Å². The minimum absolute atomic E-state index is 0.000460. The molecule has 17 heteroatoms. The standard InChI is InChI=1S/C22H25NO3.C18H17NO2.C6H15NO2.HNO2S.O2S/c1-15-6-11-20-19(14-15)21(16(2)26-20)22(24)17-7-9-18(10-8-17)25-13-5-12-23(3)4;1-11-4-6-13(7-5-11)18(20)17-12(2)21-16-9-8-14(19-3)10-15(16)17;1-7(2)4-6(8)5-9-3;1-4(2)3;1-3-2/h6-11,14H,5,12-13H2,1-4H3;4-10,19H,1-3H3;6,8H,4-5H2,1-3H3;1H;. The first-order valence-corrected chi connectivity index (χ1v) is 21.4. The Morgan fingerprint density at radius 3 is 1.68 bits per heavy atom. The predicted octanol–water partition coefficient (Wildman–Crippen LogP) is 7.45. The van der Waals surface area contributed by atoms with Crippen LogP contribution in [-0.4, -0.2) is 118 Å². The molecule has 0 aliphatic rings. The SMILES string of the molecule is CNc1ccc2oc(C)c(C(=O)c3ccc(C)cc3)c2c1.COCC(O)CN(C)C.Cc1ccc2oc(C)c(C(=O)c3ccc(OCCCN(C)C)cc3)c2c1.N=S(=O)=O.O=S=O. The van der Waals surface area contributed by atoms with Gasteiger partial charge in [-0.05, 0) is 117 Å². The second-order valence-electron chi connectivity index (χ2n) is 14.8. The first kappa shape index (κ1) is 53.3. The van der Waals surface area contributed by atoms with E-state index in [2.05, 4.69) is 10.2 Å². The molecular formula is C46H58N4O11S2. The normalized spacial score (nSPS) is 10.9. The topological polar surface area (TPSA) is 210 Å². The molecule has 6 aromatic rings. The zero-order valence-electron chi connectivity index (χ0n) is 37.4. The van der Waals surface area contributed by atoms with Gasteiger partial charge in [-0.2, -0.15) is 21.6 Å². The van der Waals surface area contributed by atoms with E-state index in [0.29, 0.717) is 53.5 Å². The van der Waals surface area contributed by atoms with Crippen molar-refractivity contribution in [2.45, 2.75) is 40.2 Å². The molecule has 0 radical (unpaired) electrons. The van der Waals surface area contributed by atoms with Crippen LogP contribution in [0.5, 0.6) is 5.75 Å². The molecule has 15 nitrogen and oxygen atoms in total. The Labute approximate surface area is 374 Å². The fraction of sp³-hybridized carbons (Fsp3) is 0.348. The average molecular weight is 907 g/mol. The number of ketones is 2. The zero-order chi connectivity index (χ0) is 47.2. The molecule has 1 atom stereocenters. The van der Waals surface area contributed by atoms with E-state index in [1.54, 1.807) is 7.11 Å². The number of aliphatic hydroxyl groups excluding tert-OH is 1. The lowest BCUT2D eigenvalue weighted by molar-refractivity contribution is 0.0479. The monoisotopic (exact) mass is 906 g/mol. The van der Waals surface area contributed by atoms with Crippen molar-refractivity contribution in [2.75, 3.05) is 74.0 Å². The summed E-state index contributed by atoms with van der Waals surface area (Å²) in [5, 5.41) is 13.9. The third kappa shape index (κ3) is 17.8. The van der Waals surface area contributed by atoms with Gasteiger partial charge in [0.25, 0.3) is 0 Å². The number of methoxy groups -OCH3 is 1. The molecule has 2 heterocycles. The fourth-order valence-electron chi connectivity index (χ4n) is 6.21. The van der Waals surface area contributed by atoms with E-state index in [1.807, 2.05) is 153 Å². The van der Waals surface area contributed by atoms with E-state index in [9.17, 15) is 9.59 Å². The summed E-state index contributed by atoms with van der Waals surface area (Å²) >= 11 is -0.750. The summed E-state index contributed by atoms with van der Waals surface area (Å²) in [4.78, 5) is 29.8. The van der Waals surface area contributed by atoms with Crippen molar-refractivity contribution >= 4 is 61.3 Å². The number of ether oxygens (including phenoxy) is 2. The number of aliphatic hydroxyl groups is 1. The smallest absolute Gasteiger partial charge is 0.335 e. The van der Waals surface area contributed by atoms with Crippen molar-refractivity contribution in [1.29, 1.82) is 4.78 Å². The first-order valence-electron chi connectivity index (χ1n) is 19.7. The van der Waals surface area contributed by atoms with Crippen LogP contribution in [0.2, 0.25) is 0 Å². The minimum atomic E-state index is -2.61. The van der Waals surface area contributed by atoms with Gasteiger partial charge in [0.05, 0.1) is 30.4 Å². The largest absolute Gasteiger partial charge is 0.494 e. The number of fused-ring (bicyclic) bond motifs is 2. The highest BCUT2D eigenvalue weighted by molar-refractivity contribution is 7.60. The number of carbonyl (C=O) groups is 2. The third-order valence-electron chi connectivity index (χ3n) is 9.01. The summed E-state index contributed by atoms with van der Waals surface area (Å²) in [5.74, 6) is 2.07. The van der Waals surface area contributed by atoms with Crippen LogP contribution >= 0.6 is 0 Å². The number of nitrogens with one attached hydrogen (secondary N) is 2. The number of hydrogen-bond donors (Lipinski definition) is 3. The van der Waals surface area contributed by atoms with Crippen LogP contribution in [0.15, 0.2) is 93.8 Å². The minimum Gasteiger partial charge on any atom is -0.494 e. The van der Waals surface area contributed by atoms with Crippen molar-refractivity contribution in [1.82, 2.24) is 9.80 Å². The highest BCUT2D eigenvalue weighted by Crippen LogP contribution is 2.31. The molecule has 6 rings (SSSR count). The number of benzene rings is 4. The summed E-state index contributed by atoms with van der Waals surface area (Å²) in [6.07, 6.45) is 0.609. The molecule has 0 aliphatic heterocycles. The van der Waals surface area contributed by atoms with Gasteiger partial charge >= 0.3 is 22.1 Å². The Balaban J connectivity index is 0.000000328. The maximum absolute atomic E-state index is 13.0. The van der Waals surface area contributed by atoms with Crippen LogP contribution in [0, 0.1) is 32.5 Å². The molecule has 0 amide bonds. The van der Waals surface area contributed by atoms with Crippen LogP contribution in [0.3, 0.4) is 0 Å². The Bertz CT molecular complexity index is 2520. The number of aryl methyl sites for hydroxylation is 4.